The van der Waals surface area contributed by atoms with Gasteiger partial charge in [-0.2, -0.15) is 0 Å². The number of likely N-dealkylation sites (tertiary alicyclic amines) is 1. The quantitative estimate of drug-likeness (QED) is 0.555. The number of hydrogen-bond acceptors (Lipinski definition) is 6. The van der Waals surface area contributed by atoms with Gasteiger partial charge in [0, 0.05) is 43.8 Å². The molecule has 0 N–H and O–H groups in total. The normalized spacial score (nSPS) is 16.4. The van der Waals surface area contributed by atoms with Crippen molar-refractivity contribution in [2.75, 3.05) is 6.54 Å². The molecule has 2 aromatic carbocycles. The van der Waals surface area contributed by atoms with E-state index >= 15 is 0 Å². The minimum atomic E-state index is -0.461. The van der Waals surface area contributed by atoms with Crippen LogP contribution in [0.4, 0.5) is 5.69 Å². The minimum Gasteiger partial charge on any atom is -0.457 e. The van der Waals surface area contributed by atoms with Crippen molar-refractivity contribution in [2.24, 2.45) is 0 Å². The number of carbonyl (C=O) groups excluding carboxylic acids is 2. The Balaban J connectivity index is 1.58. The molecule has 1 aliphatic rings. The SMILES string of the molecule is CC(=O)SC1CC(=O)N(Cc2ccc(Oc3ccc([N+](=O)[O-])cc3)cc2)C1. The van der Waals surface area contributed by atoms with Gasteiger partial charge in [-0.1, -0.05) is 23.9 Å². The van der Waals surface area contributed by atoms with E-state index in [9.17, 15) is 19.7 Å². The molecule has 8 heteroatoms. The molecule has 1 aliphatic heterocycles. The summed E-state index contributed by atoms with van der Waals surface area (Å²) in [5, 5.41) is 10.7. The standard InChI is InChI=1S/C19H18N2O5S/c1-13(22)27-18-10-19(23)20(12-18)11-14-2-6-16(7-3-14)26-17-8-4-15(5-9-17)21(24)25/h2-9,18H,10-12H2,1H3. The molecule has 1 saturated heterocycles. The van der Waals surface area contributed by atoms with Gasteiger partial charge in [0.15, 0.2) is 5.12 Å². The lowest BCUT2D eigenvalue weighted by atomic mass is 10.2. The molecule has 1 heterocycles. The van der Waals surface area contributed by atoms with E-state index in [2.05, 4.69) is 0 Å². The van der Waals surface area contributed by atoms with Gasteiger partial charge in [0.2, 0.25) is 5.91 Å². The number of amides is 1. The summed E-state index contributed by atoms with van der Waals surface area (Å²) in [7, 11) is 0. The first-order valence-corrected chi connectivity index (χ1v) is 9.25. The molecule has 0 spiro atoms. The predicted octanol–water partition coefficient (Wildman–Crippen LogP) is 3.77. The molecule has 0 aliphatic carbocycles. The first kappa shape index (κ1) is 18.9. The van der Waals surface area contributed by atoms with E-state index in [1.807, 2.05) is 12.1 Å². The Bertz CT molecular complexity index is 851. The first-order valence-electron chi connectivity index (χ1n) is 8.37. The fourth-order valence-electron chi connectivity index (χ4n) is 2.86. The maximum atomic E-state index is 12.1. The molecule has 0 saturated carbocycles. The third-order valence-electron chi connectivity index (χ3n) is 4.09. The van der Waals surface area contributed by atoms with E-state index in [1.165, 1.54) is 30.8 Å². The summed E-state index contributed by atoms with van der Waals surface area (Å²) in [4.78, 5) is 35.2. The molecule has 1 atom stereocenters. The highest BCUT2D eigenvalue weighted by Crippen LogP contribution is 2.27. The lowest BCUT2D eigenvalue weighted by molar-refractivity contribution is -0.384. The van der Waals surface area contributed by atoms with E-state index in [4.69, 9.17) is 4.74 Å². The minimum absolute atomic E-state index is 0.00854. The summed E-state index contributed by atoms with van der Waals surface area (Å²) in [5.41, 5.74) is 0.974. The highest BCUT2D eigenvalue weighted by atomic mass is 32.2. The number of hydrogen-bond donors (Lipinski definition) is 0. The summed E-state index contributed by atoms with van der Waals surface area (Å²) in [6.07, 6.45) is 0.394. The van der Waals surface area contributed by atoms with Crippen LogP contribution in [-0.2, 0) is 16.1 Å². The van der Waals surface area contributed by atoms with Crippen LogP contribution in [0, 0.1) is 10.1 Å². The number of ether oxygens (including phenoxy) is 1. The van der Waals surface area contributed by atoms with Gasteiger partial charge in [-0.15, -0.1) is 0 Å². The molecule has 0 aromatic heterocycles. The van der Waals surface area contributed by atoms with Crippen molar-refractivity contribution in [1.29, 1.82) is 0 Å². The topological polar surface area (TPSA) is 89.8 Å². The summed E-state index contributed by atoms with van der Waals surface area (Å²) in [6.45, 7) is 2.58. The number of nitro groups is 1. The fourth-order valence-corrected chi connectivity index (χ4v) is 3.81. The van der Waals surface area contributed by atoms with Crippen LogP contribution < -0.4 is 4.74 Å². The number of non-ortho nitro benzene ring substituents is 1. The molecule has 0 bridgehead atoms. The van der Waals surface area contributed by atoms with Crippen LogP contribution in [-0.4, -0.2) is 32.6 Å². The van der Waals surface area contributed by atoms with Crippen LogP contribution in [0.1, 0.15) is 18.9 Å². The average Bonchev–Trinajstić information content (AvgIpc) is 2.95. The summed E-state index contributed by atoms with van der Waals surface area (Å²) < 4.78 is 5.68. The van der Waals surface area contributed by atoms with Gasteiger partial charge in [-0.05, 0) is 29.8 Å². The smallest absolute Gasteiger partial charge is 0.269 e. The van der Waals surface area contributed by atoms with Crippen molar-refractivity contribution in [3.63, 3.8) is 0 Å². The number of nitro benzene ring substituents is 1. The maximum absolute atomic E-state index is 12.1. The van der Waals surface area contributed by atoms with E-state index < -0.39 is 4.92 Å². The van der Waals surface area contributed by atoms with Crippen molar-refractivity contribution in [2.45, 2.75) is 25.1 Å². The summed E-state index contributed by atoms with van der Waals surface area (Å²) in [5.74, 6) is 1.16. The van der Waals surface area contributed by atoms with Crippen LogP contribution in [0.3, 0.4) is 0 Å². The van der Waals surface area contributed by atoms with Gasteiger partial charge < -0.3 is 9.64 Å². The zero-order valence-electron chi connectivity index (χ0n) is 14.7. The molecule has 0 radical (unpaired) electrons. The Kier molecular flexibility index (Phi) is 5.75. The maximum Gasteiger partial charge on any atom is 0.269 e. The van der Waals surface area contributed by atoms with Crippen LogP contribution in [0.5, 0.6) is 11.5 Å². The molecule has 27 heavy (non-hydrogen) atoms. The molecule has 1 unspecified atom stereocenters. The monoisotopic (exact) mass is 386 g/mol. The van der Waals surface area contributed by atoms with Crippen molar-refractivity contribution in [3.8, 4) is 11.5 Å². The fraction of sp³-hybridized carbons (Fsp3) is 0.263. The Hall–Kier alpha value is -2.87. The van der Waals surface area contributed by atoms with Crippen LogP contribution in [0.15, 0.2) is 48.5 Å². The second kappa shape index (κ2) is 8.22. The molecule has 7 nitrogen and oxygen atoms in total. The number of carbonyl (C=O) groups is 2. The van der Waals surface area contributed by atoms with Crippen LogP contribution in [0.2, 0.25) is 0 Å². The van der Waals surface area contributed by atoms with E-state index in [0.29, 0.717) is 31.0 Å². The van der Waals surface area contributed by atoms with Gasteiger partial charge >= 0.3 is 0 Å². The van der Waals surface area contributed by atoms with Gasteiger partial charge in [-0.3, -0.25) is 19.7 Å². The summed E-state index contributed by atoms with van der Waals surface area (Å²) >= 11 is 1.22. The van der Waals surface area contributed by atoms with Gasteiger partial charge in [0.25, 0.3) is 5.69 Å². The zero-order chi connectivity index (χ0) is 19.4. The van der Waals surface area contributed by atoms with Crippen molar-refractivity contribution in [1.82, 2.24) is 4.90 Å². The molecule has 1 amide bonds. The molecule has 1 fully saturated rings. The zero-order valence-corrected chi connectivity index (χ0v) is 15.5. The van der Waals surface area contributed by atoms with Crippen LogP contribution in [0.25, 0.3) is 0 Å². The average molecular weight is 386 g/mol. The Morgan fingerprint density at radius 2 is 1.78 bits per heavy atom. The number of benzene rings is 2. The Labute approximate surface area is 160 Å². The lowest BCUT2D eigenvalue weighted by Gasteiger charge is -2.16. The van der Waals surface area contributed by atoms with E-state index in [-0.39, 0.29) is 22.0 Å². The van der Waals surface area contributed by atoms with Gasteiger partial charge in [-0.25, -0.2) is 0 Å². The first-order chi connectivity index (χ1) is 12.9. The molecular weight excluding hydrogens is 368 g/mol. The third kappa shape index (κ3) is 5.07. The van der Waals surface area contributed by atoms with E-state index in [1.54, 1.807) is 29.2 Å². The lowest BCUT2D eigenvalue weighted by Crippen LogP contribution is -2.24. The Morgan fingerprint density at radius 1 is 1.19 bits per heavy atom. The number of thioether (sulfide) groups is 1. The van der Waals surface area contributed by atoms with E-state index in [0.717, 1.165) is 5.56 Å². The molecular formula is C19H18N2O5S. The molecule has 2 aromatic rings. The second-order valence-electron chi connectivity index (χ2n) is 6.21. The Morgan fingerprint density at radius 3 is 2.33 bits per heavy atom. The van der Waals surface area contributed by atoms with Crippen LogP contribution >= 0.6 is 11.8 Å². The van der Waals surface area contributed by atoms with Gasteiger partial charge in [0.1, 0.15) is 11.5 Å². The van der Waals surface area contributed by atoms with Gasteiger partial charge in [0.05, 0.1) is 4.92 Å². The second-order valence-corrected chi connectivity index (χ2v) is 7.68. The molecule has 140 valence electrons. The molecule has 3 rings (SSSR count). The van der Waals surface area contributed by atoms with Crippen molar-refractivity contribution < 1.29 is 19.2 Å². The number of nitrogens with zero attached hydrogens (tertiary/aromatic N) is 2. The predicted molar refractivity (Wildman–Crippen MR) is 102 cm³/mol. The van der Waals surface area contributed by atoms with Crippen molar-refractivity contribution in [3.05, 3.63) is 64.2 Å². The van der Waals surface area contributed by atoms with Crippen molar-refractivity contribution >= 4 is 28.5 Å². The number of rotatable bonds is 6. The summed E-state index contributed by atoms with van der Waals surface area (Å²) in [6, 6.07) is 13.2. The third-order valence-corrected chi connectivity index (χ3v) is 5.07. The highest BCUT2D eigenvalue weighted by molar-refractivity contribution is 8.14. The highest BCUT2D eigenvalue weighted by Gasteiger charge is 2.30. The largest absolute Gasteiger partial charge is 0.457 e.